The highest BCUT2D eigenvalue weighted by molar-refractivity contribution is 5.69. The normalized spacial score (nSPS) is 19.8. The van der Waals surface area contributed by atoms with Gasteiger partial charge in [0.1, 0.15) is 5.60 Å². The lowest BCUT2D eigenvalue weighted by Gasteiger charge is -2.37. The van der Waals surface area contributed by atoms with Crippen molar-refractivity contribution in [2.45, 2.75) is 32.4 Å². The first-order chi connectivity index (χ1) is 9.37. The average molecular weight is 277 g/mol. The lowest BCUT2D eigenvalue weighted by molar-refractivity contribution is 0.0118. The molecule has 0 bridgehead atoms. The minimum atomic E-state index is -0.484. The predicted molar refractivity (Wildman–Crippen MR) is 79.4 cm³/mol. The van der Waals surface area contributed by atoms with Crippen molar-refractivity contribution in [2.24, 2.45) is 0 Å². The summed E-state index contributed by atoms with van der Waals surface area (Å²) in [4.78, 5) is 14.1. The van der Waals surface area contributed by atoms with Crippen molar-refractivity contribution >= 4 is 11.8 Å². The van der Waals surface area contributed by atoms with Crippen LogP contribution in [0, 0.1) is 0 Å². The van der Waals surface area contributed by atoms with E-state index in [2.05, 4.69) is 5.32 Å². The minimum absolute atomic E-state index is 0.0397. The Morgan fingerprint density at radius 3 is 2.85 bits per heavy atom. The van der Waals surface area contributed by atoms with Gasteiger partial charge in [-0.05, 0) is 38.5 Å². The Bertz CT molecular complexity index is 482. The zero-order valence-electron chi connectivity index (χ0n) is 12.3. The second-order valence-electron chi connectivity index (χ2n) is 6.06. The molecule has 1 unspecified atom stereocenters. The summed E-state index contributed by atoms with van der Waals surface area (Å²) in [6, 6.07) is 7.62. The molecular formula is C15H23N3O2. The number of hydrogen-bond donors (Lipinski definition) is 2. The molecule has 20 heavy (non-hydrogen) atoms. The van der Waals surface area contributed by atoms with E-state index in [0.717, 1.165) is 12.1 Å². The van der Waals surface area contributed by atoms with E-state index in [1.807, 2.05) is 45.0 Å². The molecule has 1 amide bonds. The lowest BCUT2D eigenvalue weighted by Crippen LogP contribution is -2.50. The van der Waals surface area contributed by atoms with E-state index in [1.54, 1.807) is 4.90 Å². The molecule has 1 aliphatic rings. The molecular weight excluding hydrogens is 254 g/mol. The molecule has 1 heterocycles. The van der Waals surface area contributed by atoms with Gasteiger partial charge in [-0.1, -0.05) is 12.1 Å². The van der Waals surface area contributed by atoms with E-state index in [1.165, 1.54) is 0 Å². The summed E-state index contributed by atoms with van der Waals surface area (Å²) < 4.78 is 5.49. The number of carbonyl (C=O) groups is 1. The van der Waals surface area contributed by atoms with Crippen LogP contribution >= 0.6 is 0 Å². The maximum absolute atomic E-state index is 12.3. The number of ether oxygens (including phenoxy) is 1. The summed E-state index contributed by atoms with van der Waals surface area (Å²) in [5.74, 6) is 0. The van der Waals surface area contributed by atoms with Crippen LogP contribution in [0.3, 0.4) is 0 Å². The number of benzene rings is 1. The highest BCUT2D eigenvalue weighted by atomic mass is 16.6. The second kappa shape index (κ2) is 5.71. The van der Waals surface area contributed by atoms with Crippen LogP contribution < -0.4 is 11.1 Å². The van der Waals surface area contributed by atoms with E-state index in [4.69, 9.17) is 10.5 Å². The van der Waals surface area contributed by atoms with Crippen LogP contribution in [0.1, 0.15) is 32.4 Å². The number of amides is 1. The van der Waals surface area contributed by atoms with Crippen LogP contribution in [-0.4, -0.2) is 36.2 Å². The quantitative estimate of drug-likeness (QED) is 0.772. The third kappa shape index (κ3) is 3.63. The van der Waals surface area contributed by atoms with Gasteiger partial charge in [-0.25, -0.2) is 4.79 Å². The van der Waals surface area contributed by atoms with Gasteiger partial charge in [-0.3, -0.25) is 4.90 Å². The molecule has 1 aliphatic heterocycles. The average Bonchev–Trinajstić information content (AvgIpc) is 2.37. The fourth-order valence-electron chi connectivity index (χ4n) is 2.31. The molecule has 5 heteroatoms. The van der Waals surface area contributed by atoms with Gasteiger partial charge in [0, 0.05) is 25.3 Å². The van der Waals surface area contributed by atoms with Gasteiger partial charge in [-0.15, -0.1) is 0 Å². The van der Waals surface area contributed by atoms with Crippen molar-refractivity contribution < 1.29 is 9.53 Å². The molecule has 0 saturated carbocycles. The van der Waals surface area contributed by atoms with Crippen molar-refractivity contribution in [1.29, 1.82) is 0 Å². The zero-order valence-corrected chi connectivity index (χ0v) is 12.3. The SMILES string of the molecule is CC(C)(C)OC(=O)N1CCNCC1c1cccc(N)c1. The van der Waals surface area contributed by atoms with Gasteiger partial charge in [0.05, 0.1) is 6.04 Å². The Morgan fingerprint density at radius 1 is 1.45 bits per heavy atom. The summed E-state index contributed by atoms with van der Waals surface area (Å²) in [6.07, 6.45) is -0.272. The van der Waals surface area contributed by atoms with Gasteiger partial charge in [0.15, 0.2) is 0 Å². The van der Waals surface area contributed by atoms with Crippen LogP contribution in [0.4, 0.5) is 10.5 Å². The van der Waals surface area contributed by atoms with E-state index in [9.17, 15) is 4.79 Å². The van der Waals surface area contributed by atoms with E-state index in [-0.39, 0.29) is 12.1 Å². The van der Waals surface area contributed by atoms with Crippen molar-refractivity contribution in [3.63, 3.8) is 0 Å². The zero-order chi connectivity index (χ0) is 14.8. The monoisotopic (exact) mass is 277 g/mol. The number of carbonyl (C=O) groups excluding carboxylic acids is 1. The number of nitrogens with zero attached hydrogens (tertiary/aromatic N) is 1. The molecule has 1 aromatic rings. The topological polar surface area (TPSA) is 67.6 Å². The first-order valence-electron chi connectivity index (χ1n) is 6.92. The van der Waals surface area contributed by atoms with Crippen LogP contribution in [-0.2, 0) is 4.74 Å². The standard InChI is InChI=1S/C15H23N3O2/c1-15(2,3)20-14(19)18-8-7-17-10-13(18)11-5-4-6-12(16)9-11/h4-6,9,13,17H,7-8,10,16H2,1-3H3. The third-order valence-corrected chi connectivity index (χ3v) is 3.17. The molecule has 0 aromatic heterocycles. The molecule has 0 aliphatic carbocycles. The molecule has 110 valence electrons. The molecule has 1 fully saturated rings. The predicted octanol–water partition coefficient (Wildman–Crippen LogP) is 2.15. The Morgan fingerprint density at radius 2 is 2.20 bits per heavy atom. The molecule has 2 rings (SSSR count). The van der Waals surface area contributed by atoms with Crippen molar-refractivity contribution in [2.75, 3.05) is 25.4 Å². The molecule has 5 nitrogen and oxygen atoms in total. The molecule has 1 saturated heterocycles. The summed E-state index contributed by atoms with van der Waals surface area (Å²) in [6.45, 7) is 7.75. The largest absolute Gasteiger partial charge is 0.444 e. The number of nitrogen functional groups attached to an aromatic ring is 1. The summed E-state index contributed by atoms with van der Waals surface area (Å²) in [5, 5.41) is 3.31. The van der Waals surface area contributed by atoms with E-state index in [0.29, 0.717) is 18.8 Å². The van der Waals surface area contributed by atoms with Crippen molar-refractivity contribution in [3.8, 4) is 0 Å². The fourth-order valence-corrected chi connectivity index (χ4v) is 2.31. The van der Waals surface area contributed by atoms with Gasteiger partial charge >= 0.3 is 6.09 Å². The van der Waals surface area contributed by atoms with Gasteiger partial charge < -0.3 is 15.8 Å². The number of rotatable bonds is 1. The Kier molecular flexibility index (Phi) is 4.18. The smallest absolute Gasteiger partial charge is 0.410 e. The number of nitrogens with two attached hydrogens (primary N) is 1. The van der Waals surface area contributed by atoms with Crippen LogP contribution in [0.25, 0.3) is 0 Å². The first-order valence-corrected chi connectivity index (χ1v) is 6.92. The number of hydrogen-bond acceptors (Lipinski definition) is 4. The highest BCUT2D eigenvalue weighted by Crippen LogP contribution is 2.25. The number of nitrogens with one attached hydrogen (secondary N) is 1. The maximum Gasteiger partial charge on any atom is 0.410 e. The van der Waals surface area contributed by atoms with E-state index < -0.39 is 5.60 Å². The van der Waals surface area contributed by atoms with Gasteiger partial charge in [-0.2, -0.15) is 0 Å². The Hall–Kier alpha value is -1.75. The lowest BCUT2D eigenvalue weighted by atomic mass is 10.0. The summed E-state index contributed by atoms with van der Waals surface area (Å²) >= 11 is 0. The Labute approximate surface area is 120 Å². The molecule has 1 atom stereocenters. The van der Waals surface area contributed by atoms with Gasteiger partial charge in [0.2, 0.25) is 0 Å². The summed E-state index contributed by atoms with van der Waals surface area (Å²) in [5.41, 5.74) is 7.09. The van der Waals surface area contributed by atoms with Crippen molar-refractivity contribution in [3.05, 3.63) is 29.8 Å². The molecule has 0 spiro atoms. The fraction of sp³-hybridized carbons (Fsp3) is 0.533. The van der Waals surface area contributed by atoms with E-state index >= 15 is 0 Å². The highest BCUT2D eigenvalue weighted by Gasteiger charge is 2.31. The molecule has 0 radical (unpaired) electrons. The Balaban J connectivity index is 2.19. The summed E-state index contributed by atoms with van der Waals surface area (Å²) in [7, 11) is 0. The van der Waals surface area contributed by atoms with Crippen LogP contribution in [0.5, 0.6) is 0 Å². The maximum atomic E-state index is 12.3. The van der Waals surface area contributed by atoms with Crippen LogP contribution in [0.15, 0.2) is 24.3 Å². The third-order valence-electron chi connectivity index (χ3n) is 3.17. The number of piperazine rings is 1. The number of anilines is 1. The first kappa shape index (κ1) is 14.7. The minimum Gasteiger partial charge on any atom is -0.444 e. The van der Waals surface area contributed by atoms with Crippen molar-refractivity contribution in [1.82, 2.24) is 10.2 Å². The molecule has 3 N–H and O–H groups in total. The second-order valence-corrected chi connectivity index (χ2v) is 6.06. The van der Waals surface area contributed by atoms with Gasteiger partial charge in [0.25, 0.3) is 0 Å². The van der Waals surface area contributed by atoms with Crippen LogP contribution in [0.2, 0.25) is 0 Å². The molecule has 1 aromatic carbocycles.